The van der Waals surface area contributed by atoms with Gasteiger partial charge in [-0.05, 0) is 57.4 Å². The van der Waals surface area contributed by atoms with Gasteiger partial charge in [0.15, 0.2) is 11.5 Å². The van der Waals surface area contributed by atoms with Crippen LogP contribution in [-0.2, 0) is 13.2 Å². The highest BCUT2D eigenvalue weighted by Crippen LogP contribution is 2.37. The number of hydrogen-bond donors (Lipinski definition) is 1. The maximum absolute atomic E-state index is 10.9. The van der Waals surface area contributed by atoms with Crippen molar-refractivity contribution < 1.29 is 14.4 Å². The summed E-state index contributed by atoms with van der Waals surface area (Å²) in [6.07, 6.45) is 0. The minimum absolute atomic E-state index is 0.0467. The molecule has 6 nitrogen and oxygen atoms in total. The van der Waals surface area contributed by atoms with E-state index in [0.717, 1.165) is 20.1 Å². The maximum Gasteiger partial charge on any atom is 0.271 e. The molecular formula is C21H18Br2N2O4. The van der Waals surface area contributed by atoms with Crippen LogP contribution in [0.4, 0.5) is 11.4 Å². The van der Waals surface area contributed by atoms with E-state index in [1.54, 1.807) is 19.2 Å². The zero-order valence-corrected chi connectivity index (χ0v) is 18.7. The number of nitrogens with one attached hydrogen (secondary N) is 1. The molecule has 0 saturated carbocycles. The van der Waals surface area contributed by atoms with Crippen molar-refractivity contribution in [3.8, 4) is 11.5 Å². The zero-order chi connectivity index (χ0) is 20.8. The topological polar surface area (TPSA) is 73.6 Å². The van der Waals surface area contributed by atoms with Crippen molar-refractivity contribution in [3.63, 3.8) is 0 Å². The number of nitrogens with zero attached hydrogens (tertiary/aromatic N) is 1. The Morgan fingerprint density at radius 2 is 1.79 bits per heavy atom. The fraction of sp³-hybridized carbons (Fsp3) is 0.143. The summed E-state index contributed by atoms with van der Waals surface area (Å²) in [5.74, 6) is 1.22. The van der Waals surface area contributed by atoms with E-state index >= 15 is 0 Å². The van der Waals surface area contributed by atoms with Gasteiger partial charge in [0.2, 0.25) is 0 Å². The molecule has 0 aliphatic rings. The van der Waals surface area contributed by atoms with E-state index in [4.69, 9.17) is 9.47 Å². The van der Waals surface area contributed by atoms with E-state index in [9.17, 15) is 10.1 Å². The third kappa shape index (κ3) is 5.71. The largest absolute Gasteiger partial charge is 0.493 e. The normalized spacial score (nSPS) is 10.4. The second-order valence-electron chi connectivity index (χ2n) is 6.19. The molecule has 0 radical (unpaired) electrons. The molecule has 3 aromatic rings. The van der Waals surface area contributed by atoms with E-state index in [-0.39, 0.29) is 5.69 Å². The molecule has 3 rings (SSSR count). The number of non-ortho nitro benzene ring substituents is 1. The maximum atomic E-state index is 10.9. The monoisotopic (exact) mass is 520 g/mol. The summed E-state index contributed by atoms with van der Waals surface area (Å²) in [4.78, 5) is 10.5. The molecule has 0 atom stereocenters. The molecule has 0 fully saturated rings. The standard InChI is InChI=1S/C21H18Br2N2O4/c1-28-20-10-15(12-24-17-3-2-4-18(11-17)25(26)27)9-19(23)21(20)29-13-14-5-7-16(22)8-6-14/h2-11,24H,12-13H2,1H3. The van der Waals surface area contributed by atoms with Crippen LogP contribution in [0.3, 0.4) is 0 Å². The number of rotatable bonds is 8. The highest BCUT2D eigenvalue weighted by molar-refractivity contribution is 9.10. The van der Waals surface area contributed by atoms with Crippen LogP contribution in [0.5, 0.6) is 11.5 Å². The van der Waals surface area contributed by atoms with Crippen molar-refractivity contribution in [1.82, 2.24) is 0 Å². The molecule has 0 aliphatic carbocycles. The van der Waals surface area contributed by atoms with Crippen molar-refractivity contribution >= 4 is 43.2 Å². The summed E-state index contributed by atoms with van der Waals surface area (Å²) < 4.78 is 13.2. The van der Waals surface area contributed by atoms with Crippen LogP contribution in [0.2, 0.25) is 0 Å². The summed E-state index contributed by atoms with van der Waals surface area (Å²) in [5, 5.41) is 14.1. The number of nitro benzene ring substituents is 1. The molecule has 0 unspecified atom stereocenters. The Hall–Kier alpha value is -2.58. The van der Waals surface area contributed by atoms with Crippen molar-refractivity contribution in [2.45, 2.75) is 13.2 Å². The summed E-state index contributed by atoms with van der Waals surface area (Å²) in [6, 6.07) is 18.1. The van der Waals surface area contributed by atoms with Crippen molar-refractivity contribution in [3.05, 3.63) is 90.9 Å². The average Bonchev–Trinajstić information content (AvgIpc) is 2.72. The second-order valence-corrected chi connectivity index (χ2v) is 7.96. The lowest BCUT2D eigenvalue weighted by Gasteiger charge is -2.15. The summed E-state index contributed by atoms with van der Waals surface area (Å²) in [5.41, 5.74) is 2.70. The fourth-order valence-electron chi connectivity index (χ4n) is 2.69. The Morgan fingerprint density at radius 3 is 2.48 bits per heavy atom. The number of hydrogen-bond acceptors (Lipinski definition) is 5. The van der Waals surface area contributed by atoms with Gasteiger partial charge in [0.05, 0.1) is 16.5 Å². The first-order chi connectivity index (χ1) is 14.0. The van der Waals surface area contributed by atoms with Gasteiger partial charge in [-0.25, -0.2) is 0 Å². The van der Waals surface area contributed by atoms with Crippen LogP contribution in [0.15, 0.2) is 69.6 Å². The number of benzene rings is 3. The van der Waals surface area contributed by atoms with Crippen molar-refractivity contribution in [2.75, 3.05) is 12.4 Å². The van der Waals surface area contributed by atoms with E-state index in [1.807, 2.05) is 36.4 Å². The van der Waals surface area contributed by atoms with Gasteiger partial charge in [-0.2, -0.15) is 0 Å². The third-order valence-electron chi connectivity index (χ3n) is 4.14. The number of halogens is 2. The van der Waals surface area contributed by atoms with Gasteiger partial charge in [-0.1, -0.05) is 34.1 Å². The van der Waals surface area contributed by atoms with E-state index in [1.165, 1.54) is 12.1 Å². The third-order valence-corrected chi connectivity index (χ3v) is 5.26. The first kappa shape index (κ1) is 21.1. The molecule has 150 valence electrons. The predicted octanol–water partition coefficient (Wildman–Crippen LogP) is 6.32. The van der Waals surface area contributed by atoms with Gasteiger partial charge in [0.25, 0.3) is 5.69 Å². The molecule has 8 heteroatoms. The van der Waals surface area contributed by atoms with Gasteiger partial charge in [-0.3, -0.25) is 10.1 Å². The fourth-order valence-corrected chi connectivity index (χ4v) is 3.55. The van der Waals surface area contributed by atoms with Crippen LogP contribution < -0.4 is 14.8 Å². The first-order valence-corrected chi connectivity index (χ1v) is 10.3. The molecule has 0 aromatic heterocycles. The second kappa shape index (κ2) is 9.76. The van der Waals surface area contributed by atoms with Gasteiger partial charge in [0.1, 0.15) is 6.61 Å². The molecule has 0 aliphatic heterocycles. The van der Waals surface area contributed by atoms with Crippen LogP contribution in [-0.4, -0.2) is 12.0 Å². The minimum atomic E-state index is -0.414. The van der Waals surface area contributed by atoms with Crippen LogP contribution in [0.25, 0.3) is 0 Å². The molecule has 3 aromatic carbocycles. The highest BCUT2D eigenvalue weighted by atomic mass is 79.9. The first-order valence-electron chi connectivity index (χ1n) is 8.68. The molecule has 0 bridgehead atoms. The average molecular weight is 522 g/mol. The van der Waals surface area contributed by atoms with Gasteiger partial charge in [-0.15, -0.1) is 0 Å². The van der Waals surface area contributed by atoms with Gasteiger partial charge < -0.3 is 14.8 Å². The zero-order valence-electron chi connectivity index (χ0n) is 15.5. The number of nitro groups is 1. The van der Waals surface area contributed by atoms with E-state index in [0.29, 0.717) is 30.3 Å². The van der Waals surface area contributed by atoms with Crippen molar-refractivity contribution in [2.24, 2.45) is 0 Å². The van der Waals surface area contributed by atoms with Crippen LogP contribution >= 0.6 is 31.9 Å². The van der Waals surface area contributed by atoms with Crippen LogP contribution in [0, 0.1) is 10.1 Å². The lowest BCUT2D eigenvalue weighted by Crippen LogP contribution is -2.03. The number of methoxy groups -OCH3 is 1. The van der Waals surface area contributed by atoms with Gasteiger partial charge >= 0.3 is 0 Å². The molecule has 29 heavy (non-hydrogen) atoms. The van der Waals surface area contributed by atoms with Gasteiger partial charge in [0, 0.05) is 28.8 Å². The molecule has 0 saturated heterocycles. The Kier molecular flexibility index (Phi) is 7.11. The Balaban J connectivity index is 1.71. The summed E-state index contributed by atoms with van der Waals surface area (Å²) in [6.45, 7) is 0.886. The number of ether oxygens (including phenoxy) is 2. The Labute approximate surface area is 185 Å². The molecule has 0 heterocycles. The SMILES string of the molecule is COc1cc(CNc2cccc([N+](=O)[O-])c2)cc(Br)c1OCc1ccc(Br)cc1. The molecule has 1 N–H and O–H groups in total. The van der Waals surface area contributed by atoms with Crippen molar-refractivity contribution in [1.29, 1.82) is 0 Å². The Morgan fingerprint density at radius 1 is 1.03 bits per heavy atom. The summed E-state index contributed by atoms with van der Waals surface area (Å²) >= 11 is 6.97. The number of anilines is 1. The Bertz CT molecular complexity index is 1010. The molecular weight excluding hydrogens is 504 g/mol. The highest BCUT2D eigenvalue weighted by Gasteiger charge is 2.13. The quantitative estimate of drug-likeness (QED) is 0.277. The predicted molar refractivity (Wildman–Crippen MR) is 120 cm³/mol. The molecule has 0 spiro atoms. The van der Waals surface area contributed by atoms with Crippen LogP contribution in [0.1, 0.15) is 11.1 Å². The smallest absolute Gasteiger partial charge is 0.271 e. The lowest BCUT2D eigenvalue weighted by molar-refractivity contribution is -0.384. The molecule has 0 amide bonds. The van der Waals surface area contributed by atoms with E-state index in [2.05, 4.69) is 37.2 Å². The minimum Gasteiger partial charge on any atom is -0.493 e. The van der Waals surface area contributed by atoms with E-state index < -0.39 is 4.92 Å². The lowest BCUT2D eigenvalue weighted by atomic mass is 10.2. The summed E-state index contributed by atoms with van der Waals surface area (Å²) in [7, 11) is 1.59.